The van der Waals surface area contributed by atoms with Gasteiger partial charge in [0.25, 0.3) is 0 Å². The Morgan fingerprint density at radius 2 is 1.80 bits per heavy atom. The van der Waals surface area contributed by atoms with E-state index in [0.717, 1.165) is 42.6 Å². The number of rotatable bonds is 5. The molecule has 1 atom stereocenters. The Morgan fingerprint density at radius 3 is 2.56 bits per heavy atom. The van der Waals surface area contributed by atoms with Gasteiger partial charge in [0, 0.05) is 43.6 Å². The Morgan fingerprint density at radius 1 is 1.08 bits per heavy atom. The Labute approximate surface area is 148 Å². The molecule has 1 saturated heterocycles. The lowest BCUT2D eigenvalue weighted by Gasteiger charge is -2.21. The van der Waals surface area contributed by atoms with Gasteiger partial charge in [0.2, 0.25) is 5.95 Å². The second-order valence-corrected chi connectivity index (χ2v) is 6.59. The summed E-state index contributed by atoms with van der Waals surface area (Å²) in [5.74, 6) is 2.50. The number of nitrogens with zero attached hydrogens (tertiary/aromatic N) is 3. The van der Waals surface area contributed by atoms with Crippen LogP contribution in [0.15, 0.2) is 30.6 Å². The first-order valence-corrected chi connectivity index (χ1v) is 8.98. The number of hydrogen-bond acceptors (Lipinski definition) is 6. The Hall–Kier alpha value is -2.34. The highest BCUT2D eigenvalue weighted by molar-refractivity contribution is 5.44. The molecule has 2 aliphatic rings. The summed E-state index contributed by atoms with van der Waals surface area (Å²) in [4.78, 5) is 11.3. The lowest BCUT2D eigenvalue weighted by molar-refractivity contribution is 0.171. The minimum absolute atomic E-state index is 0.203. The summed E-state index contributed by atoms with van der Waals surface area (Å²) < 4.78 is 11.2. The zero-order valence-electron chi connectivity index (χ0n) is 14.6. The highest BCUT2D eigenvalue weighted by Gasteiger charge is 2.16. The van der Waals surface area contributed by atoms with Gasteiger partial charge in [-0.1, -0.05) is 6.07 Å². The summed E-state index contributed by atoms with van der Waals surface area (Å²) in [6.07, 6.45) is 6.31. The molecule has 0 bridgehead atoms. The van der Waals surface area contributed by atoms with Crippen LogP contribution in [0.1, 0.15) is 36.9 Å². The molecule has 1 N–H and O–H groups in total. The van der Waals surface area contributed by atoms with Crippen molar-refractivity contribution in [1.29, 1.82) is 0 Å². The molecule has 0 aliphatic carbocycles. The molecule has 3 heterocycles. The second-order valence-electron chi connectivity index (χ2n) is 6.59. The van der Waals surface area contributed by atoms with E-state index in [9.17, 15) is 0 Å². The van der Waals surface area contributed by atoms with Gasteiger partial charge in [0.1, 0.15) is 13.2 Å². The number of benzene rings is 1. The number of hydrogen-bond donors (Lipinski definition) is 1. The fourth-order valence-corrected chi connectivity index (χ4v) is 3.24. The molecule has 2 aliphatic heterocycles. The Balaban J connectivity index is 1.36. The first kappa shape index (κ1) is 16.1. The quantitative estimate of drug-likeness (QED) is 0.903. The maximum absolute atomic E-state index is 5.66. The minimum Gasteiger partial charge on any atom is -0.486 e. The third-order valence-electron chi connectivity index (χ3n) is 4.76. The van der Waals surface area contributed by atoms with Crippen LogP contribution in [0.5, 0.6) is 11.5 Å². The lowest BCUT2D eigenvalue weighted by atomic mass is 10.1. The Bertz CT molecular complexity index is 714. The topological polar surface area (TPSA) is 59.5 Å². The standard InChI is InChI=1S/C19H24N4O2/c1-14(16-4-5-17-18(10-16)25-9-8-24-17)20-11-15-12-21-19(22-13-15)23-6-2-3-7-23/h4-5,10,12-14,20H,2-3,6-9,11H2,1H3/t14-/m1/s1. The minimum atomic E-state index is 0.203. The fraction of sp³-hybridized carbons (Fsp3) is 0.474. The van der Waals surface area contributed by atoms with Crippen LogP contribution in [0.3, 0.4) is 0 Å². The monoisotopic (exact) mass is 340 g/mol. The van der Waals surface area contributed by atoms with E-state index in [0.29, 0.717) is 13.2 Å². The molecule has 0 spiro atoms. The molecule has 0 saturated carbocycles. The highest BCUT2D eigenvalue weighted by Crippen LogP contribution is 2.32. The van der Waals surface area contributed by atoms with Crippen LogP contribution in [-0.2, 0) is 6.54 Å². The van der Waals surface area contributed by atoms with Gasteiger partial charge in [0.15, 0.2) is 11.5 Å². The second kappa shape index (κ2) is 7.27. The summed E-state index contributed by atoms with van der Waals surface area (Å²) in [5.41, 5.74) is 2.27. The van der Waals surface area contributed by atoms with E-state index < -0.39 is 0 Å². The summed E-state index contributed by atoms with van der Waals surface area (Å²) in [6.45, 7) is 6.24. The van der Waals surface area contributed by atoms with Crippen molar-refractivity contribution in [3.8, 4) is 11.5 Å². The maximum Gasteiger partial charge on any atom is 0.225 e. The first-order chi connectivity index (χ1) is 12.3. The number of aromatic nitrogens is 2. The number of anilines is 1. The van der Waals surface area contributed by atoms with Gasteiger partial charge in [0.05, 0.1) is 0 Å². The third kappa shape index (κ3) is 3.69. The van der Waals surface area contributed by atoms with Gasteiger partial charge in [-0.15, -0.1) is 0 Å². The number of fused-ring (bicyclic) bond motifs is 1. The third-order valence-corrected chi connectivity index (χ3v) is 4.76. The van der Waals surface area contributed by atoms with Gasteiger partial charge in [-0.2, -0.15) is 0 Å². The average molecular weight is 340 g/mol. The van der Waals surface area contributed by atoms with E-state index in [1.807, 2.05) is 18.5 Å². The van der Waals surface area contributed by atoms with Crippen LogP contribution in [-0.4, -0.2) is 36.3 Å². The van der Waals surface area contributed by atoms with Crippen molar-refractivity contribution < 1.29 is 9.47 Å². The predicted molar refractivity (Wildman–Crippen MR) is 96.2 cm³/mol. The molecular weight excluding hydrogens is 316 g/mol. The molecule has 25 heavy (non-hydrogen) atoms. The van der Waals surface area contributed by atoms with Crippen LogP contribution >= 0.6 is 0 Å². The van der Waals surface area contributed by atoms with Gasteiger partial charge in [-0.25, -0.2) is 9.97 Å². The molecule has 6 heteroatoms. The van der Waals surface area contributed by atoms with Crippen molar-refractivity contribution in [3.63, 3.8) is 0 Å². The van der Waals surface area contributed by atoms with Crippen molar-refractivity contribution in [2.45, 2.75) is 32.4 Å². The van der Waals surface area contributed by atoms with Crippen molar-refractivity contribution in [1.82, 2.24) is 15.3 Å². The maximum atomic E-state index is 5.66. The van der Waals surface area contributed by atoms with Crippen LogP contribution in [0.2, 0.25) is 0 Å². The fourth-order valence-electron chi connectivity index (χ4n) is 3.24. The van der Waals surface area contributed by atoms with Gasteiger partial charge < -0.3 is 19.7 Å². The van der Waals surface area contributed by atoms with E-state index >= 15 is 0 Å². The smallest absolute Gasteiger partial charge is 0.225 e. The van der Waals surface area contributed by atoms with E-state index in [1.165, 1.54) is 18.4 Å². The molecule has 132 valence electrons. The van der Waals surface area contributed by atoms with E-state index in [1.54, 1.807) is 0 Å². The van der Waals surface area contributed by atoms with Crippen LogP contribution in [0.25, 0.3) is 0 Å². The normalized spacial score (nSPS) is 17.6. The van der Waals surface area contributed by atoms with Crippen molar-refractivity contribution >= 4 is 5.95 Å². The van der Waals surface area contributed by atoms with Crippen LogP contribution in [0.4, 0.5) is 5.95 Å². The van der Waals surface area contributed by atoms with Gasteiger partial charge in [-0.3, -0.25) is 0 Å². The van der Waals surface area contributed by atoms with Crippen LogP contribution in [0, 0.1) is 0 Å². The zero-order valence-corrected chi connectivity index (χ0v) is 14.6. The zero-order chi connectivity index (χ0) is 17.1. The summed E-state index contributed by atoms with van der Waals surface area (Å²) in [7, 11) is 0. The predicted octanol–water partition coefficient (Wildman–Crippen LogP) is 2.70. The van der Waals surface area contributed by atoms with Crippen molar-refractivity contribution in [2.75, 3.05) is 31.2 Å². The summed E-state index contributed by atoms with van der Waals surface area (Å²) in [5, 5.41) is 3.52. The molecule has 2 aromatic rings. The average Bonchev–Trinajstić information content (AvgIpc) is 3.21. The molecule has 0 radical (unpaired) electrons. The number of nitrogens with one attached hydrogen (secondary N) is 1. The van der Waals surface area contributed by atoms with E-state index in [-0.39, 0.29) is 6.04 Å². The summed E-state index contributed by atoms with van der Waals surface area (Å²) in [6, 6.07) is 6.32. The van der Waals surface area contributed by atoms with Crippen molar-refractivity contribution in [2.24, 2.45) is 0 Å². The lowest BCUT2D eigenvalue weighted by Crippen LogP contribution is -2.22. The molecule has 0 unspecified atom stereocenters. The molecule has 1 fully saturated rings. The number of ether oxygens (including phenoxy) is 2. The molecule has 0 amide bonds. The van der Waals surface area contributed by atoms with E-state index in [4.69, 9.17) is 9.47 Å². The molecule has 4 rings (SSSR count). The van der Waals surface area contributed by atoms with E-state index in [2.05, 4.69) is 39.2 Å². The Kier molecular flexibility index (Phi) is 4.70. The SMILES string of the molecule is C[C@@H](NCc1cnc(N2CCCC2)nc1)c1ccc2c(c1)OCCO2. The molecule has 6 nitrogen and oxygen atoms in total. The molecule has 1 aromatic heterocycles. The molecule has 1 aromatic carbocycles. The van der Waals surface area contributed by atoms with Gasteiger partial charge in [-0.05, 0) is 37.5 Å². The molecular formula is C19H24N4O2. The van der Waals surface area contributed by atoms with Crippen LogP contribution < -0.4 is 19.7 Å². The van der Waals surface area contributed by atoms with Crippen molar-refractivity contribution in [3.05, 3.63) is 41.7 Å². The first-order valence-electron chi connectivity index (χ1n) is 8.98. The highest BCUT2D eigenvalue weighted by atomic mass is 16.6. The van der Waals surface area contributed by atoms with Gasteiger partial charge >= 0.3 is 0 Å². The largest absolute Gasteiger partial charge is 0.486 e. The summed E-state index contributed by atoms with van der Waals surface area (Å²) >= 11 is 0.